The van der Waals surface area contributed by atoms with Gasteiger partial charge >= 0.3 is 5.97 Å². The molecule has 1 heterocycles. The number of carbonyl (C=O) groups is 1. The minimum absolute atomic E-state index is 0.199. The molecular weight excluding hydrogens is 473 g/mol. The molecule has 8 heteroatoms. The van der Waals surface area contributed by atoms with E-state index in [1.54, 1.807) is 36.4 Å². The van der Waals surface area contributed by atoms with Crippen LogP contribution in [0.5, 0.6) is 11.5 Å². The predicted molar refractivity (Wildman–Crippen MR) is 139 cm³/mol. The lowest BCUT2D eigenvalue weighted by atomic mass is 10.0. The van der Waals surface area contributed by atoms with Crippen LogP contribution in [0, 0.1) is 17.1 Å². The van der Waals surface area contributed by atoms with Crippen molar-refractivity contribution in [2.45, 2.75) is 20.0 Å². The molecule has 0 aliphatic rings. The van der Waals surface area contributed by atoms with Crippen LogP contribution in [0.1, 0.15) is 39.8 Å². The molecule has 0 aliphatic heterocycles. The molecule has 4 aromatic rings. The van der Waals surface area contributed by atoms with Gasteiger partial charge in [-0.2, -0.15) is 5.26 Å². The van der Waals surface area contributed by atoms with Crippen LogP contribution in [-0.4, -0.2) is 27.7 Å². The Morgan fingerprint density at radius 1 is 1.19 bits per heavy atom. The van der Waals surface area contributed by atoms with Crippen LogP contribution in [0.15, 0.2) is 67.3 Å². The van der Waals surface area contributed by atoms with Gasteiger partial charge in [0.25, 0.3) is 0 Å². The van der Waals surface area contributed by atoms with Gasteiger partial charge in [-0.25, -0.2) is 14.2 Å². The van der Waals surface area contributed by atoms with Gasteiger partial charge in [-0.1, -0.05) is 18.2 Å². The highest BCUT2D eigenvalue weighted by Crippen LogP contribution is 2.36. The molecular formula is C29H24FN3O4. The molecule has 37 heavy (non-hydrogen) atoms. The number of carboxylic acids is 1. The maximum Gasteiger partial charge on any atom is 0.335 e. The first-order valence-electron chi connectivity index (χ1n) is 11.5. The smallest absolute Gasteiger partial charge is 0.335 e. The highest BCUT2D eigenvalue weighted by molar-refractivity contribution is 5.90. The molecule has 7 nitrogen and oxygen atoms in total. The van der Waals surface area contributed by atoms with Crippen LogP contribution < -0.4 is 9.47 Å². The van der Waals surface area contributed by atoms with E-state index in [2.05, 4.69) is 22.6 Å². The number of aromatic carboxylic acids is 1. The average molecular weight is 498 g/mol. The van der Waals surface area contributed by atoms with E-state index in [0.29, 0.717) is 46.9 Å². The monoisotopic (exact) mass is 497 g/mol. The zero-order valence-corrected chi connectivity index (χ0v) is 20.1. The minimum atomic E-state index is -0.991. The van der Waals surface area contributed by atoms with E-state index in [1.807, 2.05) is 13.0 Å². The van der Waals surface area contributed by atoms with Crippen molar-refractivity contribution in [2.75, 3.05) is 6.61 Å². The Morgan fingerprint density at radius 2 is 1.97 bits per heavy atom. The molecule has 0 atom stereocenters. The summed E-state index contributed by atoms with van der Waals surface area (Å²) in [6, 6.07) is 16.5. The number of nitrogens with zero attached hydrogens (tertiary/aromatic N) is 2. The predicted octanol–water partition coefficient (Wildman–Crippen LogP) is 6.17. The van der Waals surface area contributed by atoms with Crippen molar-refractivity contribution >= 4 is 28.7 Å². The van der Waals surface area contributed by atoms with E-state index in [0.717, 1.165) is 11.1 Å². The third-order valence-corrected chi connectivity index (χ3v) is 5.53. The molecule has 0 aliphatic carbocycles. The number of fused-ring (bicyclic) bond motifs is 1. The largest absolute Gasteiger partial charge is 0.490 e. The van der Waals surface area contributed by atoms with E-state index in [9.17, 15) is 14.4 Å². The molecule has 0 radical (unpaired) electrons. The number of nitrogens with one attached hydrogen (secondary N) is 1. The number of allylic oxidation sites excluding steroid dienone is 2. The van der Waals surface area contributed by atoms with Crippen molar-refractivity contribution in [1.82, 2.24) is 9.97 Å². The van der Waals surface area contributed by atoms with Gasteiger partial charge < -0.3 is 19.6 Å². The number of benzene rings is 3. The van der Waals surface area contributed by atoms with E-state index < -0.39 is 11.8 Å². The number of ether oxygens (including phenoxy) is 2. The van der Waals surface area contributed by atoms with Crippen molar-refractivity contribution < 1.29 is 23.8 Å². The highest BCUT2D eigenvalue weighted by Gasteiger charge is 2.15. The van der Waals surface area contributed by atoms with Crippen LogP contribution in [0.3, 0.4) is 0 Å². The normalized spacial score (nSPS) is 11.2. The molecule has 0 unspecified atom stereocenters. The summed E-state index contributed by atoms with van der Waals surface area (Å²) in [5.41, 5.74) is 3.83. The zero-order chi connectivity index (χ0) is 26.4. The van der Waals surface area contributed by atoms with Crippen molar-refractivity contribution in [2.24, 2.45) is 0 Å². The number of imidazole rings is 1. The fraction of sp³-hybridized carbons (Fsp3) is 0.138. The van der Waals surface area contributed by atoms with Crippen LogP contribution in [0.4, 0.5) is 4.39 Å². The van der Waals surface area contributed by atoms with Crippen molar-refractivity contribution in [3.63, 3.8) is 0 Å². The molecule has 0 spiro atoms. The Morgan fingerprint density at radius 3 is 2.65 bits per heavy atom. The van der Waals surface area contributed by atoms with Crippen LogP contribution >= 0.6 is 0 Å². The summed E-state index contributed by atoms with van der Waals surface area (Å²) in [4.78, 5) is 18.5. The van der Waals surface area contributed by atoms with Crippen molar-refractivity contribution in [3.8, 4) is 17.6 Å². The fourth-order valence-corrected chi connectivity index (χ4v) is 3.83. The van der Waals surface area contributed by atoms with Gasteiger partial charge in [0, 0.05) is 5.56 Å². The first-order chi connectivity index (χ1) is 17.9. The van der Waals surface area contributed by atoms with Gasteiger partial charge in [0.1, 0.15) is 24.3 Å². The van der Waals surface area contributed by atoms with Gasteiger partial charge in [0.15, 0.2) is 11.5 Å². The molecule has 2 N–H and O–H groups in total. The quantitative estimate of drug-likeness (QED) is 0.200. The Bertz CT molecular complexity index is 1530. The SMILES string of the molecule is C=CCc1cc(/C=C(/C#N)c2nc3ccc(F)cc3[nH]2)cc(OCC)c1OCc1ccc(C(=O)O)cc1. The Labute approximate surface area is 213 Å². The van der Waals surface area contributed by atoms with Crippen molar-refractivity contribution in [1.29, 1.82) is 5.26 Å². The van der Waals surface area contributed by atoms with Gasteiger partial charge in [-0.15, -0.1) is 6.58 Å². The number of halogens is 1. The lowest BCUT2D eigenvalue weighted by Crippen LogP contribution is -2.04. The standard InChI is InChI=1S/C29H24FN3O4/c1-3-5-21-12-19(13-22(16-31)28-32-24-11-10-23(30)15-25(24)33-28)14-26(36-4-2)27(21)37-17-18-6-8-20(9-7-18)29(34)35/h3,6-15H,1,4-5,17H2,2H3,(H,32,33)(H,34,35)/b22-13-. The van der Waals surface area contributed by atoms with E-state index in [1.165, 1.54) is 24.3 Å². The van der Waals surface area contributed by atoms with E-state index >= 15 is 0 Å². The maximum absolute atomic E-state index is 13.6. The number of nitriles is 1. The second-order valence-corrected chi connectivity index (χ2v) is 8.14. The molecule has 186 valence electrons. The third kappa shape index (κ3) is 5.85. The molecule has 1 aromatic heterocycles. The molecule has 3 aromatic carbocycles. The zero-order valence-electron chi connectivity index (χ0n) is 20.1. The molecule has 4 rings (SSSR count). The summed E-state index contributed by atoms with van der Waals surface area (Å²) in [5, 5.41) is 18.9. The fourth-order valence-electron chi connectivity index (χ4n) is 3.83. The molecule has 0 saturated heterocycles. The van der Waals surface area contributed by atoms with Crippen LogP contribution in [0.25, 0.3) is 22.7 Å². The average Bonchev–Trinajstić information content (AvgIpc) is 3.30. The first kappa shape index (κ1) is 25.2. The van der Waals surface area contributed by atoms with E-state index in [4.69, 9.17) is 14.6 Å². The third-order valence-electron chi connectivity index (χ3n) is 5.53. The van der Waals surface area contributed by atoms with Crippen LogP contribution in [0.2, 0.25) is 0 Å². The minimum Gasteiger partial charge on any atom is -0.490 e. The summed E-state index contributed by atoms with van der Waals surface area (Å²) < 4.78 is 25.6. The maximum atomic E-state index is 13.6. The van der Waals surface area contributed by atoms with Gasteiger partial charge in [-0.05, 0) is 73.0 Å². The number of aromatic nitrogens is 2. The number of carboxylic acid groups (broad SMARTS) is 1. The van der Waals surface area contributed by atoms with Gasteiger partial charge in [-0.3, -0.25) is 0 Å². The second-order valence-electron chi connectivity index (χ2n) is 8.14. The number of hydrogen-bond donors (Lipinski definition) is 2. The Kier molecular flexibility index (Phi) is 7.65. The molecule has 0 saturated carbocycles. The molecule has 0 fully saturated rings. The summed E-state index contributed by atoms with van der Waals surface area (Å²) >= 11 is 0. The molecule has 0 amide bonds. The second kappa shape index (κ2) is 11.2. The lowest BCUT2D eigenvalue weighted by Gasteiger charge is -2.17. The molecule has 0 bridgehead atoms. The number of hydrogen-bond acceptors (Lipinski definition) is 5. The lowest BCUT2D eigenvalue weighted by molar-refractivity contribution is 0.0697. The topological polar surface area (TPSA) is 108 Å². The summed E-state index contributed by atoms with van der Waals surface area (Å²) in [7, 11) is 0. The Hall–Kier alpha value is -4.90. The Balaban J connectivity index is 1.69. The highest BCUT2D eigenvalue weighted by atomic mass is 19.1. The van der Waals surface area contributed by atoms with Crippen LogP contribution in [-0.2, 0) is 13.0 Å². The summed E-state index contributed by atoms with van der Waals surface area (Å²) in [5.74, 6) is -0.0155. The van der Waals surface area contributed by atoms with Gasteiger partial charge in [0.2, 0.25) is 0 Å². The van der Waals surface area contributed by atoms with Gasteiger partial charge in [0.05, 0.1) is 28.8 Å². The number of rotatable bonds is 10. The van der Waals surface area contributed by atoms with E-state index in [-0.39, 0.29) is 17.7 Å². The number of aromatic amines is 1. The summed E-state index contributed by atoms with van der Waals surface area (Å²) in [6.45, 7) is 6.30. The van der Waals surface area contributed by atoms with Crippen molar-refractivity contribution in [3.05, 3.63) is 101 Å². The number of H-pyrrole nitrogens is 1. The first-order valence-corrected chi connectivity index (χ1v) is 11.5. The summed E-state index contributed by atoms with van der Waals surface area (Å²) in [6.07, 6.45) is 3.91.